The summed E-state index contributed by atoms with van der Waals surface area (Å²) in [5, 5.41) is 0. The Hall–Kier alpha value is -0.830. The van der Waals surface area contributed by atoms with E-state index in [4.69, 9.17) is 11.4 Å². The Morgan fingerprint density at radius 1 is 1.58 bits per heavy atom. The summed E-state index contributed by atoms with van der Waals surface area (Å²) < 4.78 is 0. The molecule has 0 aliphatic heterocycles. The lowest BCUT2D eigenvalue weighted by Crippen LogP contribution is -2.52. The van der Waals surface area contributed by atoms with E-state index in [0.717, 1.165) is 24.1 Å². The van der Waals surface area contributed by atoms with Gasteiger partial charge in [0.05, 0.1) is 0 Å². The number of halogens is 1. The van der Waals surface area contributed by atoms with Gasteiger partial charge in [0.25, 0.3) is 0 Å². The number of allylic oxidation sites excluding steroid dienone is 2. The van der Waals surface area contributed by atoms with Crippen molar-refractivity contribution >= 4 is 12.4 Å². The summed E-state index contributed by atoms with van der Waals surface area (Å²) in [6.45, 7) is 0. The molecule has 2 rings (SSSR count). The summed E-state index contributed by atoms with van der Waals surface area (Å²) in [5.41, 5.74) is 8.57. The average Bonchev–Trinajstić information content (AvgIpc) is 1.91. The summed E-state index contributed by atoms with van der Waals surface area (Å²) >= 11 is 0. The van der Waals surface area contributed by atoms with Crippen LogP contribution in [0.2, 0.25) is 0 Å². The second kappa shape index (κ2) is 2.90. The molecule has 0 heterocycles. The molecular formula is C8H13ClN3+. The van der Waals surface area contributed by atoms with Gasteiger partial charge in [-0.2, -0.15) is 5.84 Å². The lowest BCUT2D eigenvalue weighted by atomic mass is 9.68. The Bertz CT molecular complexity index is 269. The van der Waals surface area contributed by atoms with Crippen LogP contribution >= 0.6 is 12.4 Å². The van der Waals surface area contributed by atoms with Crippen molar-refractivity contribution in [3.05, 3.63) is 23.8 Å². The third-order valence-corrected chi connectivity index (χ3v) is 2.76. The lowest BCUT2D eigenvalue weighted by Gasteiger charge is -2.36. The first-order valence-electron chi connectivity index (χ1n) is 3.88. The molecule has 3 nitrogen and oxygen atoms in total. The molecule has 0 saturated heterocycles. The Morgan fingerprint density at radius 2 is 2.33 bits per heavy atom. The van der Waals surface area contributed by atoms with Crippen LogP contribution in [-0.4, -0.2) is 10.3 Å². The Labute approximate surface area is 77.8 Å². The van der Waals surface area contributed by atoms with Crippen molar-refractivity contribution in [1.29, 1.82) is 5.53 Å². The van der Waals surface area contributed by atoms with Crippen LogP contribution in [0.5, 0.6) is 0 Å². The summed E-state index contributed by atoms with van der Waals surface area (Å²) in [4.78, 5) is 1.12. The smallest absolute Gasteiger partial charge is 0.186 e. The molecular weight excluding hydrogens is 174 g/mol. The minimum Gasteiger partial charge on any atom is -0.186 e. The highest BCUT2D eigenvalue weighted by atomic mass is 35.5. The molecule has 0 aromatic carbocycles. The number of nitrogens with two attached hydrogens (primary N) is 1. The Balaban J connectivity index is 0.000000720. The van der Waals surface area contributed by atoms with Gasteiger partial charge in [-0.15, -0.1) is 12.4 Å². The monoisotopic (exact) mass is 186 g/mol. The average molecular weight is 187 g/mol. The highest BCUT2D eigenvalue weighted by Crippen LogP contribution is 2.44. The van der Waals surface area contributed by atoms with Crippen LogP contribution in [0.4, 0.5) is 0 Å². The molecule has 1 unspecified atom stereocenters. The van der Waals surface area contributed by atoms with Crippen LogP contribution in [0.1, 0.15) is 19.3 Å². The lowest BCUT2D eigenvalue weighted by molar-refractivity contribution is -0.695. The second-order valence-electron chi connectivity index (χ2n) is 3.23. The van der Waals surface area contributed by atoms with Crippen LogP contribution in [0.15, 0.2) is 23.8 Å². The third kappa shape index (κ3) is 0.966. The quantitative estimate of drug-likeness (QED) is 0.279. The van der Waals surface area contributed by atoms with Crippen molar-refractivity contribution in [2.24, 2.45) is 5.84 Å². The van der Waals surface area contributed by atoms with Crippen LogP contribution < -0.4 is 5.84 Å². The number of fused-ring (bicyclic) bond motifs is 1. The van der Waals surface area contributed by atoms with Crippen LogP contribution in [0, 0.1) is 5.53 Å². The molecule has 0 aromatic heterocycles. The van der Waals surface area contributed by atoms with Gasteiger partial charge in [0.1, 0.15) is 0 Å². The highest BCUT2D eigenvalue weighted by Gasteiger charge is 2.52. The first-order chi connectivity index (χ1) is 5.26. The van der Waals surface area contributed by atoms with Gasteiger partial charge < -0.3 is 0 Å². The number of nitrogens with one attached hydrogen (secondary N) is 1. The van der Waals surface area contributed by atoms with E-state index >= 15 is 0 Å². The molecule has 3 N–H and O–H groups in total. The van der Waals surface area contributed by atoms with Crippen LogP contribution in [0.25, 0.3) is 0 Å². The highest BCUT2D eigenvalue weighted by molar-refractivity contribution is 5.85. The molecule has 2 aliphatic carbocycles. The van der Waals surface area contributed by atoms with E-state index in [9.17, 15) is 0 Å². The maximum Gasteiger partial charge on any atom is 0.242 e. The van der Waals surface area contributed by atoms with Gasteiger partial charge in [0.15, 0.2) is 0 Å². The van der Waals surface area contributed by atoms with Crippen molar-refractivity contribution in [3.63, 3.8) is 0 Å². The van der Waals surface area contributed by atoms with E-state index in [2.05, 4.69) is 18.2 Å². The van der Waals surface area contributed by atoms with Crippen molar-refractivity contribution in [2.45, 2.75) is 24.8 Å². The largest absolute Gasteiger partial charge is 0.242 e. The van der Waals surface area contributed by atoms with Gasteiger partial charge >= 0.3 is 0 Å². The summed E-state index contributed by atoms with van der Waals surface area (Å²) in [6, 6.07) is 0. The van der Waals surface area contributed by atoms with Gasteiger partial charge in [-0.3, -0.25) is 0 Å². The molecule has 0 aromatic rings. The van der Waals surface area contributed by atoms with E-state index < -0.39 is 0 Å². The summed E-state index contributed by atoms with van der Waals surface area (Å²) in [5.74, 6) is 5.47. The first-order valence-corrected chi connectivity index (χ1v) is 3.88. The third-order valence-electron chi connectivity index (χ3n) is 2.76. The topological polar surface area (TPSA) is 52.9 Å². The number of nitrogens with zero attached hydrogens (tertiary/aromatic N) is 1. The molecule has 12 heavy (non-hydrogen) atoms. The Kier molecular flexibility index (Phi) is 2.24. The Morgan fingerprint density at radius 3 is 2.67 bits per heavy atom. The zero-order valence-electron chi connectivity index (χ0n) is 6.79. The second-order valence-corrected chi connectivity index (χ2v) is 3.23. The number of hydrogen-bond acceptors (Lipinski definition) is 1. The van der Waals surface area contributed by atoms with Crippen LogP contribution in [-0.2, 0) is 0 Å². The molecule has 0 bridgehead atoms. The predicted octanol–water partition coefficient (Wildman–Crippen LogP) is 1.74. The van der Waals surface area contributed by atoms with Crippen molar-refractivity contribution < 1.29 is 4.81 Å². The van der Waals surface area contributed by atoms with Gasteiger partial charge in [0.2, 0.25) is 5.54 Å². The first kappa shape index (κ1) is 9.26. The fourth-order valence-corrected chi connectivity index (χ4v) is 1.85. The molecule has 2 aliphatic rings. The van der Waals surface area contributed by atoms with E-state index in [1.54, 1.807) is 0 Å². The number of hydrogen-bond donors (Lipinski definition) is 2. The normalized spacial score (nSPS) is 30.8. The van der Waals surface area contributed by atoms with Gasteiger partial charge in [-0.1, -0.05) is 18.2 Å². The molecule has 0 radical (unpaired) electrons. The molecule has 1 fully saturated rings. The standard InChI is InChI=1S/C8H12N3.ClH/c9-11(10)8-5-2-1-3-7(8)4-6-8;/h1-3H,4-6H2,(H3,9,10);1H/q+1;. The van der Waals surface area contributed by atoms with Gasteiger partial charge in [0, 0.05) is 18.4 Å². The maximum atomic E-state index is 7.39. The van der Waals surface area contributed by atoms with E-state index in [1.807, 2.05) is 0 Å². The van der Waals surface area contributed by atoms with E-state index in [-0.39, 0.29) is 17.9 Å². The van der Waals surface area contributed by atoms with Crippen molar-refractivity contribution in [1.82, 2.24) is 0 Å². The van der Waals surface area contributed by atoms with Crippen molar-refractivity contribution in [3.8, 4) is 0 Å². The predicted molar refractivity (Wildman–Crippen MR) is 48.2 cm³/mol. The molecule has 1 saturated carbocycles. The van der Waals surface area contributed by atoms with Gasteiger partial charge in [-0.25, -0.2) is 0 Å². The van der Waals surface area contributed by atoms with Gasteiger partial charge in [-0.05, 0) is 16.8 Å². The van der Waals surface area contributed by atoms with Crippen molar-refractivity contribution in [2.75, 3.05) is 0 Å². The maximum absolute atomic E-state index is 7.39. The molecule has 66 valence electrons. The SMILES string of the molecule is Cl.N=[N+](N)C12CC=CC=C1CC2. The molecule has 0 spiro atoms. The summed E-state index contributed by atoms with van der Waals surface area (Å²) in [7, 11) is 0. The minimum atomic E-state index is -0.130. The molecule has 4 heteroatoms. The fraction of sp³-hybridized carbons (Fsp3) is 0.500. The van der Waals surface area contributed by atoms with Crippen LogP contribution in [0.3, 0.4) is 0 Å². The zero-order chi connectivity index (χ0) is 7.90. The number of hydrazine groups is 1. The summed E-state index contributed by atoms with van der Waals surface area (Å²) in [6.07, 6.45) is 9.26. The minimum absolute atomic E-state index is 0. The van der Waals surface area contributed by atoms with E-state index in [0.29, 0.717) is 0 Å². The zero-order valence-corrected chi connectivity index (χ0v) is 7.60. The fourth-order valence-electron chi connectivity index (χ4n) is 1.85. The number of rotatable bonds is 1. The molecule has 0 amide bonds. The van der Waals surface area contributed by atoms with E-state index in [1.165, 1.54) is 5.57 Å². The molecule has 1 atom stereocenters.